The van der Waals surface area contributed by atoms with Crippen molar-refractivity contribution >= 4 is 10.9 Å². The molecule has 0 atom stereocenters. The van der Waals surface area contributed by atoms with Crippen LogP contribution in [0.3, 0.4) is 0 Å². The summed E-state index contributed by atoms with van der Waals surface area (Å²) in [4.78, 5) is 8.09. The van der Waals surface area contributed by atoms with Gasteiger partial charge in [-0.05, 0) is 25.1 Å². The average molecular weight is 190 g/mol. The van der Waals surface area contributed by atoms with E-state index in [-0.39, 0.29) is 5.75 Å². The van der Waals surface area contributed by atoms with Gasteiger partial charge >= 0.3 is 0 Å². The van der Waals surface area contributed by atoms with Crippen LogP contribution < -0.4 is 0 Å². The number of phenolic OH excluding ortho intramolecular Hbond substituents is 1. The zero-order valence-corrected chi connectivity index (χ0v) is 8.65. The monoisotopic (exact) mass is 190 g/mol. The van der Waals surface area contributed by atoms with E-state index in [0.717, 1.165) is 16.6 Å². The Morgan fingerprint density at radius 3 is 2.57 bits per heavy atom. The molecule has 0 aliphatic heterocycles. The van der Waals surface area contributed by atoms with E-state index in [1.54, 1.807) is 18.2 Å². The molecule has 1 aromatic heterocycles. The summed E-state index contributed by atoms with van der Waals surface area (Å²) in [6.45, 7) is 5.89. The summed E-state index contributed by atoms with van der Waals surface area (Å²) in [6.07, 6.45) is 1.52. The van der Waals surface area contributed by atoms with Crippen LogP contribution in [0.2, 0.25) is 0 Å². The molecule has 0 saturated carbocycles. The van der Waals surface area contributed by atoms with E-state index in [1.165, 1.54) is 6.33 Å². The van der Waals surface area contributed by atoms with Crippen molar-refractivity contribution in [1.29, 1.82) is 0 Å². The van der Waals surface area contributed by atoms with Crippen LogP contribution in [-0.2, 0) is 0 Å². The minimum absolute atomic E-state index is 0.250. The molecule has 0 fully saturated rings. The number of benzene rings is 1. The van der Waals surface area contributed by atoms with Gasteiger partial charge in [-0.15, -0.1) is 0 Å². The Balaban J connectivity index is 0.000000461. The molecule has 0 bridgehead atoms. The minimum atomic E-state index is 0.250. The quantitative estimate of drug-likeness (QED) is 0.694. The fourth-order valence-electron chi connectivity index (χ4n) is 1.17. The lowest BCUT2D eigenvalue weighted by Crippen LogP contribution is -1.85. The first-order chi connectivity index (χ1) is 6.77. The highest BCUT2D eigenvalue weighted by molar-refractivity contribution is 5.81. The first kappa shape index (κ1) is 10.4. The van der Waals surface area contributed by atoms with Gasteiger partial charge in [0.05, 0.1) is 5.52 Å². The summed E-state index contributed by atoms with van der Waals surface area (Å²) >= 11 is 0. The fourth-order valence-corrected chi connectivity index (χ4v) is 1.17. The van der Waals surface area contributed by atoms with E-state index in [1.807, 2.05) is 20.8 Å². The highest BCUT2D eigenvalue weighted by atomic mass is 16.3. The lowest BCUT2D eigenvalue weighted by atomic mass is 10.2. The third kappa shape index (κ3) is 1.99. The molecule has 0 aliphatic carbocycles. The van der Waals surface area contributed by atoms with Crippen LogP contribution in [0.15, 0.2) is 24.5 Å². The molecule has 1 aromatic carbocycles. The standard InChI is InChI=1S/C9H8N2O.C2H6/c1-6-8-4-7(12)2-3-9(8)11-5-10-6;1-2/h2-5,12H,1H3;1-2H3. The molecular formula is C11H14N2O. The topological polar surface area (TPSA) is 46.0 Å². The van der Waals surface area contributed by atoms with Crippen LogP contribution in [0.25, 0.3) is 10.9 Å². The maximum atomic E-state index is 9.20. The number of aryl methyl sites for hydroxylation is 1. The summed E-state index contributed by atoms with van der Waals surface area (Å²) in [5, 5.41) is 10.1. The Kier molecular flexibility index (Phi) is 3.40. The number of hydrogen-bond donors (Lipinski definition) is 1. The summed E-state index contributed by atoms with van der Waals surface area (Å²) in [5.74, 6) is 0.250. The van der Waals surface area contributed by atoms with Crippen LogP contribution in [-0.4, -0.2) is 15.1 Å². The van der Waals surface area contributed by atoms with Crippen molar-refractivity contribution in [2.75, 3.05) is 0 Å². The van der Waals surface area contributed by atoms with Gasteiger partial charge in [0.25, 0.3) is 0 Å². The van der Waals surface area contributed by atoms with E-state index in [2.05, 4.69) is 9.97 Å². The van der Waals surface area contributed by atoms with Crippen molar-refractivity contribution in [1.82, 2.24) is 9.97 Å². The van der Waals surface area contributed by atoms with Gasteiger partial charge in [0, 0.05) is 11.1 Å². The number of nitrogens with zero attached hydrogens (tertiary/aromatic N) is 2. The maximum Gasteiger partial charge on any atom is 0.116 e. The van der Waals surface area contributed by atoms with E-state index in [0.29, 0.717) is 0 Å². The molecule has 0 amide bonds. The molecule has 3 heteroatoms. The molecule has 14 heavy (non-hydrogen) atoms. The molecule has 0 aliphatic rings. The van der Waals surface area contributed by atoms with E-state index in [9.17, 15) is 5.11 Å². The van der Waals surface area contributed by atoms with Gasteiger partial charge in [-0.3, -0.25) is 0 Å². The van der Waals surface area contributed by atoms with Crippen molar-refractivity contribution in [2.45, 2.75) is 20.8 Å². The van der Waals surface area contributed by atoms with Crippen molar-refractivity contribution in [3.63, 3.8) is 0 Å². The van der Waals surface area contributed by atoms with Gasteiger partial charge in [0.1, 0.15) is 12.1 Å². The normalized spacial score (nSPS) is 9.36. The van der Waals surface area contributed by atoms with Gasteiger partial charge in [-0.1, -0.05) is 13.8 Å². The highest BCUT2D eigenvalue weighted by Gasteiger charge is 1.98. The van der Waals surface area contributed by atoms with Crippen LogP contribution in [0.1, 0.15) is 19.5 Å². The minimum Gasteiger partial charge on any atom is -0.508 e. The second-order valence-electron chi connectivity index (χ2n) is 2.66. The molecule has 0 saturated heterocycles. The van der Waals surface area contributed by atoms with Crippen LogP contribution in [0.5, 0.6) is 5.75 Å². The number of fused-ring (bicyclic) bond motifs is 1. The zero-order chi connectivity index (χ0) is 10.6. The zero-order valence-electron chi connectivity index (χ0n) is 8.65. The number of hydrogen-bond acceptors (Lipinski definition) is 3. The molecule has 1 heterocycles. The van der Waals surface area contributed by atoms with Gasteiger partial charge in [0.15, 0.2) is 0 Å². The maximum absolute atomic E-state index is 9.20. The lowest BCUT2D eigenvalue weighted by Gasteiger charge is -1.99. The first-order valence-corrected chi connectivity index (χ1v) is 4.68. The van der Waals surface area contributed by atoms with Gasteiger partial charge in [-0.2, -0.15) is 0 Å². The summed E-state index contributed by atoms with van der Waals surface area (Å²) in [5.41, 5.74) is 1.75. The number of phenols is 1. The Morgan fingerprint density at radius 1 is 1.14 bits per heavy atom. The third-order valence-electron chi connectivity index (χ3n) is 1.82. The number of aromatic nitrogens is 2. The fraction of sp³-hybridized carbons (Fsp3) is 0.273. The predicted molar refractivity (Wildman–Crippen MR) is 57.3 cm³/mol. The molecule has 0 unspecified atom stereocenters. The molecule has 2 aromatic rings. The molecule has 0 radical (unpaired) electrons. The predicted octanol–water partition coefficient (Wildman–Crippen LogP) is 2.67. The molecule has 1 N–H and O–H groups in total. The highest BCUT2D eigenvalue weighted by Crippen LogP contribution is 2.19. The Labute approximate surface area is 83.4 Å². The SMILES string of the molecule is CC.Cc1ncnc2ccc(O)cc12. The van der Waals surface area contributed by atoms with Gasteiger partial charge < -0.3 is 5.11 Å². The molecular weight excluding hydrogens is 176 g/mol. The first-order valence-electron chi connectivity index (χ1n) is 4.68. The van der Waals surface area contributed by atoms with Crippen molar-refractivity contribution in [3.8, 4) is 5.75 Å². The van der Waals surface area contributed by atoms with Gasteiger partial charge in [0.2, 0.25) is 0 Å². The second kappa shape index (κ2) is 4.56. The Morgan fingerprint density at radius 2 is 1.86 bits per heavy atom. The number of aromatic hydroxyl groups is 1. The van der Waals surface area contributed by atoms with Crippen LogP contribution in [0, 0.1) is 6.92 Å². The van der Waals surface area contributed by atoms with Gasteiger partial charge in [-0.25, -0.2) is 9.97 Å². The molecule has 3 nitrogen and oxygen atoms in total. The van der Waals surface area contributed by atoms with Crippen molar-refractivity contribution < 1.29 is 5.11 Å². The molecule has 74 valence electrons. The van der Waals surface area contributed by atoms with E-state index >= 15 is 0 Å². The molecule has 2 rings (SSSR count). The lowest BCUT2D eigenvalue weighted by molar-refractivity contribution is 0.476. The van der Waals surface area contributed by atoms with E-state index in [4.69, 9.17) is 0 Å². The summed E-state index contributed by atoms with van der Waals surface area (Å²) < 4.78 is 0. The Bertz CT molecular complexity index is 427. The van der Waals surface area contributed by atoms with Crippen LogP contribution in [0.4, 0.5) is 0 Å². The number of rotatable bonds is 0. The smallest absolute Gasteiger partial charge is 0.116 e. The Hall–Kier alpha value is -1.64. The second-order valence-corrected chi connectivity index (χ2v) is 2.66. The summed E-state index contributed by atoms with van der Waals surface area (Å²) in [7, 11) is 0. The summed E-state index contributed by atoms with van der Waals surface area (Å²) in [6, 6.07) is 5.07. The largest absolute Gasteiger partial charge is 0.508 e. The average Bonchev–Trinajstić information content (AvgIpc) is 2.22. The van der Waals surface area contributed by atoms with Crippen LogP contribution >= 0.6 is 0 Å². The van der Waals surface area contributed by atoms with Crippen molar-refractivity contribution in [3.05, 3.63) is 30.2 Å². The molecule has 0 spiro atoms. The van der Waals surface area contributed by atoms with Crippen molar-refractivity contribution in [2.24, 2.45) is 0 Å². The van der Waals surface area contributed by atoms with E-state index < -0.39 is 0 Å². The third-order valence-corrected chi connectivity index (χ3v) is 1.82.